The van der Waals surface area contributed by atoms with Crippen LogP contribution in [0.3, 0.4) is 0 Å². The van der Waals surface area contributed by atoms with Crippen LogP contribution < -0.4 is 14.2 Å². The number of phenols is 1. The second-order valence-electron chi connectivity index (χ2n) is 10.2. The number of rotatable bonds is 7. The van der Waals surface area contributed by atoms with Crippen LogP contribution in [-0.2, 0) is 14.2 Å². The molecule has 3 aliphatic heterocycles. The Morgan fingerprint density at radius 3 is 2.17 bits per heavy atom. The maximum Gasteiger partial charge on any atom is 0.229 e. The molecule has 0 amide bonds. The Kier molecular flexibility index (Phi) is 8.86. The fourth-order valence-corrected chi connectivity index (χ4v) is 4.93. The monoisotopic (exact) mass is 596 g/mol. The first kappa shape index (κ1) is 30.4. The van der Waals surface area contributed by atoms with Crippen LogP contribution in [0, 0.1) is 0 Å². The van der Waals surface area contributed by atoms with Gasteiger partial charge >= 0.3 is 0 Å². The van der Waals surface area contributed by atoms with Crippen molar-refractivity contribution in [2.75, 3.05) is 13.7 Å². The molecule has 3 heterocycles. The van der Waals surface area contributed by atoms with Crippen LogP contribution in [0.25, 0.3) is 0 Å². The Morgan fingerprint density at radius 2 is 1.48 bits per heavy atom. The number of carbonyl (C=O) groups excluding carboxylic acids is 1. The van der Waals surface area contributed by atoms with E-state index in [1.807, 2.05) is 0 Å². The lowest BCUT2D eigenvalue weighted by Crippen LogP contribution is -2.61. The lowest BCUT2D eigenvalue weighted by Gasteiger charge is -2.42. The molecule has 3 aliphatic rings. The van der Waals surface area contributed by atoms with Crippen molar-refractivity contribution in [2.45, 2.75) is 74.1 Å². The molecule has 8 N–H and O–H groups in total. The van der Waals surface area contributed by atoms with Crippen LogP contribution in [0.5, 0.6) is 23.0 Å². The zero-order chi connectivity index (χ0) is 30.3. The van der Waals surface area contributed by atoms with E-state index in [2.05, 4.69) is 0 Å². The summed E-state index contributed by atoms with van der Waals surface area (Å²) in [7, 11) is 1.52. The van der Waals surface area contributed by atoms with E-state index >= 15 is 0 Å². The molecule has 5 rings (SSSR count). The second kappa shape index (κ2) is 12.3. The minimum atomic E-state index is -1.87. The number of fused-ring (bicyclic) bond motifs is 1. The Bertz CT molecular complexity index is 1250. The molecule has 2 aromatic rings. The molecular formula is C27H32O15. The van der Waals surface area contributed by atoms with Gasteiger partial charge in [-0.25, -0.2) is 0 Å². The summed E-state index contributed by atoms with van der Waals surface area (Å²) in [4.78, 5) is 12.9. The normalized spacial score (nSPS) is 36.6. The molecule has 15 nitrogen and oxygen atoms in total. The van der Waals surface area contributed by atoms with Gasteiger partial charge in [0.2, 0.25) is 6.29 Å². The summed E-state index contributed by atoms with van der Waals surface area (Å²) in [6.45, 7) is -0.585. The highest BCUT2D eigenvalue weighted by Gasteiger charge is 2.48. The molecule has 15 heteroatoms. The van der Waals surface area contributed by atoms with Gasteiger partial charge in [-0.05, 0) is 17.7 Å². The average Bonchev–Trinajstić information content (AvgIpc) is 2.97. The zero-order valence-electron chi connectivity index (χ0n) is 22.2. The quantitative estimate of drug-likeness (QED) is 0.174. The van der Waals surface area contributed by atoms with Gasteiger partial charge in [0.15, 0.2) is 18.4 Å². The van der Waals surface area contributed by atoms with Crippen molar-refractivity contribution in [3.05, 3.63) is 47.5 Å². The van der Waals surface area contributed by atoms with E-state index in [4.69, 9.17) is 28.4 Å². The molecule has 11 unspecified atom stereocenters. The number of ether oxygens (including phenoxy) is 6. The van der Waals surface area contributed by atoms with Crippen molar-refractivity contribution in [1.29, 1.82) is 0 Å². The number of ketones is 1. The largest absolute Gasteiger partial charge is 0.507 e. The number of aliphatic hydroxyl groups is 7. The number of carbonyl (C=O) groups is 1. The molecule has 0 aromatic heterocycles. The van der Waals surface area contributed by atoms with Gasteiger partial charge in [0.1, 0.15) is 77.4 Å². The van der Waals surface area contributed by atoms with Gasteiger partial charge in [0, 0.05) is 12.1 Å². The van der Waals surface area contributed by atoms with Gasteiger partial charge in [-0.1, -0.05) is 12.1 Å². The first-order valence-corrected chi connectivity index (χ1v) is 13.0. The minimum absolute atomic E-state index is 0.00979. The van der Waals surface area contributed by atoms with Gasteiger partial charge in [0.25, 0.3) is 0 Å². The molecule has 0 spiro atoms. The average molecular weight is 597 g/mol. The molecule has 2 saturated heterocycles. The van der Waals surface area contributed by atoms with Crippen LogP contribution in [0.4, 0.5) is 0 Å². The van der Waals surface area contributed by atoms with Gasteiger partial charge in [-0.3, -0.25) is 4.79 Å². The summed E-state index contributed by atoms with van der Waals surface area (Å²) in [6.07, 6.45) is -17.8. The second-order valence-corrected chi connectivity index (χ2v) is 10.2. The van der Waals surface area contributed by atoms with E-state index in [0.29, 0.717) is 11.3 Å². The molecule has 0 saturated carbocycles. The fraction of sp³-hybridized carbons (Fsp3) is 0.519. The fourth-order valence-electron chi connectivity index (χ4n) is 4.93. The van der Waals surface area contributed by atoms with E-state index in [1.165, 1.54) is 13.2 Å². The van der Waals surface area contributed by atoms with Crippen LogP contribution in [0.2, 0.25) is 0 Å². The third-order valence-corrected chi connectivity index (χ3v) is 7.35. The standard InChI is InChI=1S/C27H32O15/c1-37-11-4-2-10(3-5-11)15-8-14(29)18-13(28)6-12(7-16(18)40-15)39-27-24(35)20(31)19(30)17(41-27)9-38-26-23(34)21(32)22(33)25(36)42-26/h2-7,15,17,19-28,30-36H,8-9H2,1H3. The number of hydrogen-bond donors (Lipinski definition) is 8. The van der Waals surface area contributed by atoms with Crippen LogP contribution in [-0.4, -0.2) is 122 Å². The highest BCUT2D eigenvalue weighted by Crippen LogP contribution is 2.42. The Balaban J connectivity index is 1.29. The molecule has 0 aliphatic carbocycles. The molecule has 42 heavy (non-hydrogen) atoms. The summed E-state index contributed by atoms with van der Waals surface area (Å²) in [5.74, 6) is -0.299. The Hall–Kier alpha value is -3.09. The third kappa shape index (κ3) is 5.89. The van der Waals surface area contributed by atoms with Crippen LogP contribution in [0.1, 0.15) is 28.4 Å². The number of Topliss-reactive ketones (excluding diaryl/α,β-unsaturated/α-hetero) is 1. The van der Waals surface area contributed by atoms with Crippen molar-refractivity contribution in [3.8, 4) is 23.0 Å². The van der Waals surface area contributed by atoms with Gasteiger partial charge in [0.05, 0.1) is 20.1 Å². The van der Waals surface area contributed by atoms with E-state index in [1.54, 1.807) is 24.3 Å². The highest BCUT2D eigenvalue weighted by atomic mass is 16.8. The number of methoxy groups -OCH3 is 1. The molecule has 2 aromatic carbocycles. The van der Waals surface area contributed by atoms with E-state index in [9.17, 15) is 45.6 Å². The van der Waals surface area contributed by atoms with E-state index in [-0.39, 0.29) is 29.3 Å². The number of phenolic OH excluding ortho intramolecular Hbond substituents is 1. The topological polar surface area (TPSA) is 234 Å². The van der Waals surface area contributed by atoms with Crippen molar-refractivity contribution in [1.82, 2.24) is 0 Å². The smallest absolute Gasteiger partial charge is 0.229 e. The third-order valence-electron chi connectivity index (χ3n) is 7.35. The van der Waals surface area contributed by atoms with Gasteiger partial charge in [-0.15, -0.1) is 0 Å². The van der Waals surface area contributed by atoms with E-state index in [0.717, 1.165) is 6.07 Å². The van der Waals surface area contributed by atoms with Crippen molar-refractivity contribution < 1.29 is 74.1 Å². The maximum atomic E-state index is 12.9. The van der Waals surface area contributed by atoms with Gasteiger partial charge in [-0.2, -0.15) is 0 Å². The number of benzene rings is 2. The molecule has 0 radical (unpaired) electrons. The molecular weight excluding hydrogens is 564 g/mol. The lowest BCUT2D eigenvalue weighted by molar-refractivity contribution is -0.350. The summed E-state index contributed by atoms with van der Waals surface area (Å²) in [6, 6.07) is 9.32. The van der Waals surface area contributed by atoms with Crippen molar-refractivity contribution in [3.63, 3.8) is 0 Å². The Morgan fingerprint density at radius 1 is 0.810 bits per heavy atom. The minimum Gasteiger partial charge on any atom is -0.507 e. The first-order chi connectivity index (χ1) is 20.0. The summed E-state index contributed by atoms with van der Waals surface area (Å²) in [5, 5.41) is 81.1. The Labute approximate surface area is 238 Å². The van der Waals surface area contributed by atoms with Crippen molar-refractivity contribution >= 4 is 5.78 Å². The van der Waals surface area contributed by atoms with Gasteiger partial charge < -0.3 is 69.3 Å². The van der Waals surface area contributed by atoms with Crippen LogP contribution in [0.15, 0.2) is 36.4 Å². The van der Waals surface area contributed by atoms with Crippen molar-refractivity contribution in [2.24, 2.45) is 0 Å². The lowest BCUT2D eigenvalue weighted by atomic mass is 9.95. The summed E-state index contributed by atoms with van der Waals surface area (Å²) < 4.78 is 32.6. The molecule has 11 atom stereocenters. The number of aromatic hydroxyl groups is 1. The zero-order valence-corrected chi connectivity index (χ0v) is 22.2. The first-order valence-electron chi connectivity index (χ1n) is 13.0. The molecule has 0 bridgehead atoms. The summed E-state index contributed by atoms with van der Waals surface area (Å²) in [5.41, 5.74) is 0.632. The van der Waals surface area contributed by atoms with Crippen LogP contribution >= 0.6 is 0 Å². The predicted octanol–water partition coefficient (Wildman–Crippen LogP) is -1.93. The number of aliphatic hydroxyl groups excluding tert-OH is 7. The number of hydrogen-bond acceptors (Lipinski definition) is 15. The molecule has 230 valence electrons. The predicted molar refractivity (Wildman–Crippen MR) is 136 cm³/mol. The summed E-state index contributed by atoms with van der Waals surface area (Å²) >= 11 is 0. The SMILES string of the molecule is COc1ccc(C2CC(=O)c3c(O)cc(OC4OC(COC5OC(O)C(O)C(O)C5O)C(O)C(O)C4O)cc3O2)cc1. The van der Waals surface area contributed by atoms with E-state index < -0.39 is 80.1 Å². The maximum absolute atomic E-state index is 12.9. The highest BCUT2D eigenvalue weighted by molar-refractivity contribution is 6.02. The molecule has 2 fully saturated rings.